The summed E-state index contributed by atoms with van der Waals surface area (Å²) in [6.45, 7) is 13.5. The highest BCUT2D eigenvalue weighted by atomic mass is 32.1. The molecule has 0 aromatic carbocycles. The summed E-state index contributed by atoms with van der Waals surface area (Å²) >= 11 is 5.57. The van der Waals surface area contributed by atoms with Gasteiger partial charge in [0.1, 0.15) is 0 Å². The Morgan fingerprint density at radius 3 is 1.10 bits per heavy atom. The van der Waals surface area contributed by atoms with E-state index >= 15 is 9.59 Å². The third-order valence-corrected chi connectivity index (χ3v) is 17.5. The van der Waals surface area contributed by atoms with Crippen LogP contribution in [0, 0.1) is 17.8 Å². The predicted octanol–water partition coefficient (Wildman–Crippen LogP) is 18.7. The maximum Gasteiger partial charge on any atom is 0.174 e. The van der Waals surface area contributed by atoms with Crippen molar-refractivity contribution in [3.63, 3.8) is 0 Å². The molecule has 0 saturated heterocycles. The molecule has 326 valence electrons. The Labute approximate surface area is 373 Å². The molecule has 0 amide bonds. The number of carbonyl (C=O) groups is 2. The lowest BCUT2D eigenvalue weighted by molar-refractivity contribution is -0.123. The smallest absolute Gasteiger partial charge is 0.174 e. The van der Waals surface area contributed by atoms with Crippen LogP contribution in [0.5, 0.6) is 0 Å². The van der Waals surface area contributed by atoms with E-state index in [1.807, 2.05) is 34.0 Å². The number of carbonyl (C=O) groups excluding carboxylic acids is 2. The predicted molar refractivity (Wildman–Crippen MR) is 262 cm³/mol. The SMILES string of the molecule is CCCCCCCCC1(CCCCCCCC)C(=O)C2=C(c3ccc(-c4ccc(-c5ccc(C)s5)s4)s3)C(CCCCCCCC)(CCCCCCCC)C(=O)C2=C1C. The van der Waals surface area contributed by atoms with Gasteiger partial charge in [0.15, 0.2) is 11.6 Å². The van der Waals surface area contributed by atoms with Crippen LogP contribution >= 0.6 is 34.0 Å². The van der Waals surface area contributed by atoms with Gasteiger partial charge >= 0.3 is 0 Å². The van der Waals surface area contributed by atoms with Gasteiger partial charge in [0.25, 0.3) is 0 Å². The third kappa shape index (κ3) is 11.9. The highest BCUT2D eigenvalue weighted by Crippen LogP contribution is 2.63. The fourth-order valence-electron chi connectivity index (χ4n) is 10.4. The molecule has 0 atom stereocenters. The van der Waals surface area contributed by atoms with Crippen LogP contribution in [0.1, 0.15) is 224 Å². The van der Waals surface area contributed by atoms with Crippen LogP contribution in [0.3, 0.4) is 0 Å². The molecule has 2 nitrogen and oxygen atoms in total. The maximum absolute atomic E-state index is 15.8. The Bertz CT molecular complexity index is 1780. The van der Waals surface area contributed by atoms with Crippen molar-refractivity contribution >= 4 is 51.1 Å². The van der Waals surface area contributed by atoms with Crippen LogP contribution in [0.2, 0.25) is 0 Å². The molecule has 0 aliphatic heterocycles. The van der Waals surface area contributed by atoms with Crippen LogP contribution in [0.25, 0.3) is 25.1 Å². The van der Waals surface area contributed by atoms with Crippen LogP contribution in [-0.4, -0.2) is 11.6 Å². The fourth-order valence-corrected chi connectivity index (χ4v) is 13.6. The molecule has 3 aromatic heterocycles. The average Bonchev–Trinajstić information content (AvgIpc) is 4.07. The quantitative estimate of drug-likeness (QED) is 0.0604. The Hall–Kier alpha value is -2.08. The second-order valence-electron chi connectivity index (χ2n) is 18.4. The third-order valence-electron chi connectivity index (χ3n) is 13.9. The summed E-state index contributed by atoms with van der Waals surface area (Å²) in [5.41, 5.74) is 2.85. The van der Waals surface area contributed by atoms with Gasteiger partial charge in [-0.3, -0.25) is 9.59 Å². The van der Waals surface area contributed by atoms with Crippen molar-refractivity contribution in [3.8, 4) is 19.5 Å². The highest BCUT2D eigenvalue weighted by Gasteiger charge is 2.60. The van der Waals surface area contributed by atoms with Gasteiger partial charge in [0.05, 0.1) is 10.8 Å². The molecule has 5 rings (SSSR count). The van der Waals surface area contributed by atoms with Gasteiger partial charge in [0.2, 0.25) is 0 Å². The minimum Gasteiger partial charge on any atom is -0.293 e. The first-order valence-corrected chi connectivity index (χ1v) is 27.1. The first-order valence-electron chi connectivity index (χ1n) is 24.6. The summed E-state index contributed by atoms with van der Waals surface area (Å²) in [4.78, 5) is 39.2. The van der Waals surface area contributed by atoms with E-state index in [4.69, 9.17) is 0 Å². The zero-order chi connectivity index (χ0) is 42.1. The van der Waals surface area contributed by atoms with Crippen molar-refractivity contribution in [2.24, 2.45) is 10.8 Å². The normalized spacial score (nSPS) is 16.0. The number of Topliss-reactive ketones (excluding diaryl/α,β-unsaturated/α-hetero) is 2. The van der Waals surface area contributed by atoms with Gasteiger partial charge in [0, 0.05) is 40.4 Å². The van der Waals surface area contributed by atoms with Gasteiger partial charge in [-0.15, -0.1) is 34.0 Å². The van der Waals surface area contributed by atoms with E-state index in [0.717, 1.165) is 86.5 Å². The number of allylic oxidation sites excluding steroid dienone is 4. The Balaban J connectivity index is 1.57. The second-order valence-corrected chi connectivity index (χ2v) is 21.8. The Kier molecular flexibility index (Phi) is 19.9. The number of hydrogen-bond donors (Lipinski definition) is 0. The van der Waals surface area contributed by atoms with E-state index in [0.29, 0.717) is 11.6 Å². The molecular weight excluding hydrogens is 777 g/mol. The zero-order valence-corrected chi connectivity index (χ0v) is 40.8. The van der Waals surface area contributed by atoms with E-state index in [2.05, 4.69) is 77.9 Å². The summed E-state index contributed by atoms with van der Waals surface area (Å²) < 4.78 is 0. The minimum absolute atomic E-state index is 0.310. The summed E-state index contributed by atoms with van der Waals surface area (Å²) in [7, 11) is 0. The number of hydrogen-bond acceptors (Lipinski definition) is 5. The van der Waals surface area contributed by atoms with Crippen molar-refractivity contribution in [3.05, 3.63) is 62.9 Å². The first kappa shape index (κ1) is 48.0. The lowest BCUT2D eigenvalue weighted by Gasteiger charge is -2.35. The van der Waals surface area contributed by atoms with E-state index < -0.39 is 10.8 Å². The molecule has 2 aliphatic carbocycles. The molecule has 59 heavy (non-hydrogen) atoms. The van der Waals surface area contributed by atoms with Crippen LogP contribution < -0.4 is 0 Å². The zero-order valence-electron chi connectivity index (χ0n) is 38.3. The van der Waals surface area contributed by atoms with E-state index in [1.165, 1.54) is 145 Å². The minimum atomic E-state index is -0.610. The van der Waals surface area contributed by atoms with Crippen molar-refractivity contribution in [1.82, 2.24) is 0 Å². The number of rotatable bonds is 31. The molecule has 2 aliphatic rings. The Morgan fingerprint density at radius 1 is 0.373 bits per heavy atom. The largest absolute Gasteiger partial charge is 0.293 e. The number of fused-ring (bicyclic) bond motifs is 1. The molecule has 0 spiro atoms. The number of thiophene rings is 3. The van der Waals surface area contributed by atoms with E-state index in [-0.39, 0.29) is 0 Å². The van der Waals surface area contributed by atoms with Crippen molar-refractivity contribution in [1.29, 1.82) is 0 Å². The molecule has 0 radical (unpaired) electrons. The van der Waals surface area contributed by atoms with Gasteiger partial charge in [-0.25, -0.2) is 0 Å². The second kappa shape index (κ2) is 24.5. The van der Waals surface area contributed by atoms with E-state index in [9.17, 15) is 0 Å². The monoisotopic (exact) mass is 857 g/mol. The molecule has 3 aromatic rings. The van der Waals surface area contributed by atoms with Crippen LogP contribution in [0.15, 0.2) is 53.1 Å². The van der Waals surface area contributed by atoms with Crippen LogP contribution in [0.4, 0.5) is 0 Å². The maximum atomic E-state index is 15.8. The summed E-state index contributed by atoms with van der Waals surface area (Å²) in [6, 6.07) is 13.6. The van der Waals surface area contributed by atoms with Gasteiger partial charge in [-0.2, -0.15) is 0 Å². The molecule has 0 saturated carbocycles. The standard InChI is InChI=1S/C54H80O2S3/c1-7-11-15-19-23-27-37-53(38-28-24-20-16-12-8-2)42(6)48-49(52(53)56)50(47-36-35-46(59-47)45-34-33-44(58-45)43-32-31-41(5)57-43)54(51(48)55,39-29-25-21-17-13-9-3)40-30-26-22-18-14-10-4/h31-36H,7-30,37-40H2,1-6H3. The van der Waals surface area contributed by atoms with Crippen molar-refractivity contribution in [2.75, 3.05) is 0 Å². The average molecular weight is 857 g/mol. The van der Waals surface area contributed by atoms with Crippen molar-refractivity contribution < 1.29 is 9.59 Å². The lowest BCUT2D eigenvalue weighted by Crippen LogP contribution is -2.33. The topological polar surface area (TPSA) is 34.1 Å². The molecule has 0 bridgehead atoms. The van der Waals surface area contributed by atoms with Gasteiger partial charge in [-0.05, 0) is 87.1 Å². The van der Waals surface area contributed by atoms with E-state index in [1.54, 1.807) is 0 Å². The van der Waals surface area contributed by atoms with Crippen LogP contribution in [-0.2, 0) is 9.59 Å². The van der Waals surface area contributed by atoms with Crippen molar-refractivity contribution in [2.45, 2.75) is 221 Å². The number of unbranched alkanes of at least 4 members (excludes halogenated alkanes) is 20. The molecule has 5 heteroatoms. The molecule has 0 N–H and O–H groups in total. The van der Waals surface area contributed by atoms with Gasteiger partial charge in [-0.1, -0.05) is 182 Å². The summed E-state index contributed by atoms with van der Waals surface area (Å²) in [6.07, 6.45) is 32.6. The molecule has 3 heterocycles. The first-order chi connectivity index (χ1) is 28.8. The highest BCUT2D eigenvalue weighted by molar-refractivity contribution is 7.26. The molecular formula is C54H80O2S3. The Morgan fingerprint density at radius 2 is 0.695 bits per heavy atom. The number of aryl methyl sites for hydroxylation is 1. The van der Waals surface area contributed by atoms with Gasteiger partial charge < -0.3 is 0 Å². The lowest BCUT2D eigenvalue weighted by atomic mass is 9.67. The molecule has 0 unspecified atom stereocenters. The fraction of sp³-hybridized carbons (Fsp3) is 0.667. The molecule has 0 fully saturated rings. The number of ketones is 2. The summed E-state index contributed by atoms with van der Waals surface area (Å²) in [5, 5.41) is 0. The summed E-state index contributed by atoms with van der Waals surface area (Å²) in [5.74, 6) is 0.620.